The summed E-state index contributed by atoms with van der Waals surface area (Å²) in [5, 5.41) is 3.87. The molecule has 0 bridgehead atoms. The van der Waals surface area contributed by atoms with E-state index < -0.39 is 0 Å². The Hall–Kier alpha value is -0.720. The molecule has 0 saturated carbocycles. The maximum Gasteiger partial charge on any atom is 0.268 e. The van der Waals surface area contributed by atoms with Gasteiger partial charge in [0.1, 0.15) is 0 Å². The molecule has 2 heterocycles. The highest BCUT2D eigenvalue weighted by molar-refractivity contribution is 9.11. The minimum Gasteiger partial charge on any atom is -0.333 e. The van der Waals surface area contributed by atoms with Gasteiger partial charge < -0.3 is 10.3 Å². The molecule has 0 amide bonds. The van der Waals surface area contributed by atoms with Gasteiger partial charge in [-0.15, -0.1) is 11.3 Å². The van der Waals surface area contributed by atoms with Crippen LogP contribution in [0.4, 0.5) is 0 Å². The summed E-state index contributed by atoms with van der Waals surface area (Å²) in [6.45, 7) is 1.91. The van der Waals surface area contributed by atoms with E-state index in [0.29, 0.717) is 18.1 Å². The largest absolute Gasteiger partial charge is 0.333 e. The van der Waals surface area contributed by atoms with Crippen LogP contribution in [0, 0.1) is 0 Å². The fourth-order valence-corrected chi connectivity index (χ4v) is 2.46. The molecule has 0 aromatic carbocycles. The normalized spacial score (nSPS) is 13.0. The second-order valence-electron chi connectivity index (χ2n) is 3.30. The maximum atomic E-state index is 5.65. The Morgan fingerprint density at radius 2 is 2.40 bits per heavy atom. The Kier molecular flexibility index (Phi) is 3.18. The summed E-state index contributed by atoms with van der Waals surface area (Å²) in [4.78, 5) is 5.23. The van der Waals surface area contributed by atoms with Gasteiger partial charge in [-0.05, 0) is 35.0 Å². The summed E-state index contributed by atoms with van der Waals surface area (Å²) < 4.78 is 6.18. The number of halogens is 1. The molecule has 0 aliphatic rings. The van der Waals surface area contributed by atoms with E-state index in [1.54, 1.807) is 11.3 Å². The zero-order chi connectivity index (χ0) is 10.8. The quantitative estimate of drug-likeness (QED) is 0.942. The van der Waals surface area contributed by atoms with Gasteiger partial charge in [-0.1, -0.05) is 5.16 Å². The van der Waals surface area contributed by atoms with E-state index in [0.717, 1.165) is 8.66 Å². The highest BCUT2D eigenvalue weighted by atomic mass is 79.9. The van der Waals surface area contributed by atoms with Crippen molar-refractivity contribution in [2.75, 3.05) is 0 Å². The topological polar surface area (TPSA) is 64.9 Å². The summed E-state index contributed by atoms with van der Waals surface area (Å²) in [5.74, 6) is 1.21. The number of hydrogen-bond donors (Lipinski definition) is 1. The molecule has 1 unspecified atom stereocenters. The standard InChI is InChI=1S/C9H10BrN3OS/c1-5(11)4-8-12-9(14-13-8)6-2-3-7(10)15-6/h2-3,5H,4,11H2,1H3. The summed E-state index contributed by atoms with van der Waals surface area (Å²) in [5.41, 5.74) is 5.65. The van der Waals surface area contributed by atoms with Gasteiger partial charge in [-0.3, -0.25) is 0 Å². The molecule has 2 aromatic rings. The van der Waals surface area contributed by atoms with Crippen LogP contribution in [0.15, 0.2) is 20.4 Å². The first-order chi connectivity index (χ1) is 7.15. The number of nitrogens with two attached hydrogens (primary N) is 1. The molecule has 4 nitrogen and oxygen atoms in total. The molecule has 80 valence electrons. The summed E-state index contributed by atoms with van der Waals surface area (Å²) in [6.07, 6.45) is 0.635. The lowest BCUT2D eigenvalue weighted by Gasteiger charge is -1.96. The monoisotopic (exact) mass is 287 g/mol. The second-order valence-corrected chi connectivity index (χ2v) is 5.76. The van der Waals surface area contributed by atoms with Crippen LogP contribution in [-0.4, -0.2) is 16.2 Å². The number of rotatable bonds is 3. The van der Waals surface area contributed by atoms with Gasteiger partial charge in [0.25, 0.3) is 5.89 Å². The van der Waals surface area contributed by atoms with Crippen molar-refractivity contribution in [2.45, 2.75) is 19.4 Å². The highest BCUT2D eigenvalue weighted by Gasteiger charge is 2.11. The number of nitrogens with zero attached hydrogens (tertiary/aromatic N) is 2. The zero-order valence-electron chi connectivity index (χ0n) is 8.11. The Labute approximate surface area is 99.6 Å². The number of hydrogen-bond acceptors (Lipinski definition) is 5. The zero-order valence-corrected chi connectivity index (χ0v) is 10.5. The lowest BCUT2D eigenvalue weighted by molar-refractivity contribution is 0.421. The molecule has 0 aliphatic heterocycles. The number of thiophene rings is 1. The third kappa shape index (κ3) is 2.64. The van der Waals surface area contributed by atoms with E-state index >= 15 is 0 Å². The Morgan fingerprint density at radius 1 is 1.60 bits per heavy atom. The smallest absolute Gasteiger partial charge is 0.268 e. The third-order valence-electron chi connectivity index (χ3n) is 1.76. The van der Waals surface area contributed by atoms with Crippen molar-refractivity contribution in [1.29, 1.82) is 0 Å². The van der Waals surface area contributed by atoms with E-state index in [1.165, 1.54) is 0 Å². The molecule has 15 heavy (non-hydrogen) atoms. The fourth-order valence-electron chi connectivity index (χ4n) is 1.15. The Balaban J connectivity index is 2.20. The molecule has 0 aliphatic carbocycles. The van der Waals surface area contributed by atoms with Crippen molar-refractivity contribution in [3.63, 3.8) is 0 Å². The molecule has 0 fully saturated rings. The summed E-state index contributed by atoms with van der Waals surface area (Å²) in [7, 11) is 0. The van der Waals surface area contributed by atoms with Crippen molar-refractivity contribution in [1.82, 2.24) is 10.1 Å². The molecule has 2 rings (SSSR count). The first-order valence-electron chi connectivity index (χ1n) is 4.49. The average Bonchev–Trinajstić information content (AvgIpc) is 2.72. The second kappa shape index (κ2) is 4.42. The van der Waals surface area contributed by atoms with E-state index in [2.05, 4.69) is 26.1 Å². The van der Waals surface area contributed by atoms with Crippen molar-refractivity contribution >= 4 is 27.3 Å². The molecule has 1 atom stereocenters. The van der Waals surface area contributed by atoms with E-state index in [1.807, 2.05) is 19.1 Å². The van der Waals surface area contributed by atoms with Gasteiger partial charge in [-0.2, -0.15) is 4.98 Å². The molecule has 0 saturated heterocycles. The van der Waals surface area contributed by atoms with Gasteiger partial charge in [0, 0.05) is 12.5 Å². The summed E-state index contributed by atoms with van der Waals surface area (Å²) in [6, 6.07) is 3.94. The average molecular weight is 288 g/mol. The van der Waals surface area contributed by atoms with E-state index in [4.69, 9.17) is 10.3 Å². The van der Waals surface area contributed by atoms with Crippen LogP contribution in [0.3, 0.4) is 0 Å². The Bertz CT molecular complexity index is 452. The maximum absolute atomic E-state index is 5.65. The van der Waals surface area contributed by atoms with Gasteiger partial charge >= 0.3 is 0 Å². The third-order valence-corrected chi connectivity index (χ3v) is 3.37. The van der Waals surface area contributed by atoms with Gasteiger partial charge in [-0.25, -0.2) is 0 Å². The van der Waals surface area contributed by atoms with Gasteiger partial charge in [0.15, 0.2) is 5.82 Å². The van der Waals surface area contributed by atoms with Crippen molar-refractivity contribution < 1.29 is 4.52 Å². The van der Waals surface area contributed by atoms with E-state index in [9.17, 15) is 0 Å². The minimum atomic E-state index is 0.0468. The van der Waals surface area contributed by atoms with Crippen LogP contribution in [0.1, 0.15) is 12.7 Å². The van der Waals surface area contributed by atoms with Crippen LogP contribution in [-0.2, 0) is 6.42 Å². The molecule has 2 aromatic heterocycles. The van der Waals surface area contributed by atoms with Crippen LogP contribution in [0.2, 0.25) is 0 Å². The van der Waals surface area contributed by atoms with Gasteiger partial charge in [0.05, 0.1) is 8.66 Å². The SMILES string of the molecule is CC(N)Cc1noc(-c2ccc(Br)s2)n1. The van der Waals surface area contributed by atoms with Crippen LogP contribution in [0.5, 0.6) is 0 Å². The molecule has 2 N–H and O–H groups in total. The Morgan fingerprint density at radius 3 is 3.00 bits per heavy atom. The molecule has 0 radical (unpaired) electrons. The van der Waals surface area contributed by atoms with Crippen LogP contribution in [0.25, 0.3) is 10.8 Å². The lowest BCUT2D eigenvalue weighted by Crippen LogP contribution is -2.18. The molecular weight excluding hydrogens is 278 g/mol. The summed E-state index contributed by atoms with van der Waals surface area (Å²) >= 11 is 4.95. The van der Waals surface area contributed by atoms with Crippen LogP contribution < -0.4 is 5.73 Å². The number of aromatic nitrogens is 2. The predicted octanol–water partition coefficient (Wildman–Crippen LogP) is 2.45. The molecular formula is C9H10BrN3OS. The van der Waals surface area contributed by atoms with Gasteiger partial charge in [0.2, 0.25) is 0 Å². The van der Waals surface area contributed by atoms with Crippen molar-refractivity contribution in [3.8, 4) is 10.8 Å². The van der Waals surface area contributed by atoms with E-state index in [-0.39, 0.29) is 6.04 Å². The van der Waals surface area contributed by atoms with Crippen LogP contribution >= 0.6 is 27.3 Å². The minimum absolute atomic E-state index is 0.0468. The first kappa shape index (κ1) is 10.8. The predicted molar refractivity (Wildman–Crippen MR) is 62.7 cm³/mol. The molecule has 6 heteroatoms. The highest BCUT2D eigenvalue weighted by Crippen LogP contribution is 2.29. The fraction of sp³-hybridized carbons (Fsp3) is 0.333. The van der Waals surface area contributed by atoms with Crippen molar-refractivity contribution in [3.05, 3.63) is 21.7 Å². The van der Waals surface area contributed by atoms with Crippen molar-refractivity contribution in [2.24, 2.45) is 5.73 Å². The lowest BCUT2D eigenvalue weighted by atomic mass is 10.2. The molecule has 0 spiro atoms. The first-order valence-corrected chi connectivity index (χ1v) is 6.10.